The molecule has 0 amide bonds. The number of rotatable bonds is 4. The number of carbonyl (C=O) groups excluding carboxylic acids is 2. The van der Waals surface area contributed by atoms with Crippen molar-refractivity contribution in [2.45, 2.75) is 39.9 Å². The summed E-state index contributed by atoms with van der Waals surface area (Å²) < 4.78 is 11.3. The summed E-state index contributed by atoms with van der Waals surface area (Å²) in [4.78, 5) is 23.7. The van der Waals surface area contributed by atoms with Gasteiger partial charge in [-0.15, -0.1) is 0 Å². The molecule has 0 aromatic heterocycles. The van der Waals surface area contributed by atoms with Gasteiger partial charge in [0, 0.05) is 17.2 Å². The number of fused-ring (bicyclic) bond motifs is 1. The van der Waals surface area contributed by atoms with E-state index in [1.54, 1.807) is 26.8 Å². The first-order valence-corrected chi connectivity index (χ1v) is 7.30. The molecule has 23 heavy (non-hydrogen) atoms. The molecule has 1 aromatic rings. The van der Waals surface area contributed by atoms with Gasteiger partial charge in [0.2, 0.25) is 0 Å². The number of Topliss-reactive ketones (excluding diaryl/α,β-unsaturated/α-hetero) is 1. The van der Waals surface area contributed by atoms with E-state index in [-0.39, 0.29) is 17.1 Å². The number of aromatic hydroxyl groups is 1. The average Bonchev–Trinajstić information content (AvgIpc) is 2.83. The number of hydrogen-bond donors (Lipinski definition) is 1. The van der Waals surface area contributed by atoms with Gasteiger partial charge in [0.15, 0.2) is 18.0 Å². The summed E-state index contributed by atoms with van der Waals surface area (Å²) >= 11 is 0. The first-order valence-electron chi connectivity index (χ1n) is 7.30. The molecule has 1 aromatic carbocycles. The number of hydrogen-bond acceptors (Lipinski definition) is 5. The van der Waals surface area contributed by atoms with Crippen LogP contribution in [0.15, 0.2) is 35.9 Å². The van der Waals surface area contributed by atoms with E-state index in [1.807, 2.05) is 0 Å². The molecule has 0 aliphatic carbocycles. The quantitative estimate of drug-likeness (QED) is 0.398. The predicted molar refractivity (Wildman–Crippen MR) is 85.6 cm³/mol. The van der Waals surface area contributed by atoms with Crippen molar-refractivity contribution in [3.8, 4) is 11.5 Å². The van der Waals surface area contributed by atoms with Gasteiger partial charge in [0.05, 0.1) is 5.56 Å². The number of phenolic OH excluding ortho intramolecular Hbond substituents is 1. The van der Waals surface area contributed by atoms with Crippen LogP contribution in [-0.4, -0.2) is 23.0 Å². The zero-order valence-corrected chi connectivity index (χ0v) is 13.7. The Morgan fingerprint density at radius 1 is 1.30 bits per heavy atom. The monoisotopic (exact) mass is 316 g/mol. The molecule has 0 unspecified atom stereocenters. The van der Waals surface area contributed by atoms with Gasteiger partial charge in [-0.3, -0.25) is 4.79 Å². The van der Waals surface area contributed by atoms with E-state index >= 15 is 0 Å². The van der Waals surface area contributed by atoms with Crippen molar-refractivity contribution in [2.75, 3.05) is 0 Å². The number of ketones is 1. The van der Waals surface area contributed by atoms with Crippen molar-refractivity contribution in [1.82, 2.24) is 0 Å². The van der Waals surface area contributed by atoms with Crippen molar-refractivity contribution in [1.29, 1.82) is 0 Å². The summed E-state index contributed by atoms with van der Waals surface area (Å²) in [5.41, 5.74) is 1.88. The lowest BCUT2D eigenvalue weighted by molar-refractivity contribution is -0.146. The number of ether oxygens (including phenoxy) is 2. The second-order valence-electron chi connectivity index (χ2n) is 5.65. The smallest absolute Gasteiger partial charge is 0.334 e. The lowest BCUT2D eigenvalue weighted by Crippen LogP contribution is -2.24. The van der Waals surface area contributed by atoms with Gasteiger partial charge in [-0.2, -0.15) is 0 Å². The van der Waals surface area contributed by atoms with Crippen LogP contribution in [0.2, 0.25) is 0 Å². The van der Waals surface area contributed by atoms with E-state index in [2.05, 4.69) is 6.58 Å². The Morgan fingerprint density at radius 3 is 2.48 bits per heavy atom. The molecule has 1 N–H and O–H groups in total. The Labute approximate surface area is 135 Å². The van der Waals surface area contributed by atoms with Crippen LogP contribution in [0.3, 0.4) is 0 Å². The minimum Gasteiger partial charge on any atom is -0.507 e. The second kappa shape index (κ2) is 6.28. The van der Waals surface area contributed by atoms with Crippen molar-refractivity contribution in [3.05, 3.63) is 47.1 Å². The molecule has 0 radical (unpaired) electrons. The predicted octanol–water partition coefficient (Wildman–Crippen LogP) is 3.48. The highest BCUT2D eigenvalue weighted by atomic mass is 16.6. The highest BCUT2D eigenvalue weighted by Gasteiger charge is 2.39. The first kappa shape index (κ1) is 16.8. The molecule has 5 nitrogen and oxygen atoms in total. The van der Waals surface area contributed by atoms with Gasteiger partial charge < -0.3 is 14.6 Å². The number of esters is 1. The Bertz CT molecular complexity index is 714. The van der Waals surface area contributed by atoms with Crippen LogP contribution in [-0.2, 0) is 9.53 Å². The fraction of sp³-hybridized carbons (Fsp3) is 0.333. The first-order chi connectivity index (χ1) is 10.8. The van der Waals surface area contributed by atoms with Crippen molar-refractivity contribution < 1.29 is 24.2 Å². The van der Waals surface area contributed by atoms with E-state index in [0.717, 1.165) is 0 Å². The molecule has 5 heteroatoms. The Balaban J connectivity index is 2.47. The Hall–Kier alpha value is -2.56. The highest BCUT2D eigenvalue weighted by Crippen LogP contribution is 2.44. The Kier molecular flexibility index (Phi) is 4.59. The minimum absolute atomic E-state index is 0.159. The van der Waals surface area contributed by atoms with Crippen molar-refractivity contribution in [3.63, 3.8) is 0 Å². The van der Waals surface area contributed by atoms with Crippen LogP contribution in [0, 0.1) is 0 Å². The summed E-state index contributed by atoms with van der Waals surface area (Å²) in [5, 5.41) is 9.92. The number of carbonyl (C=O) groups is 2. The second-order valence-corrected chi connectivity index (χ2v) is 5.65. The van der Waals surface area contributed by atoms with Crippen LogP contribution in [0.1, 0.15) is 49.7 Å². The van der Waals surface area contributed by atoms with Crippen LogP contribution in [0.4, 0.5) is 0 Å². The molecule has 0 fully saturated rings. The third kappa shape index (κ3) is 3.13. The van der Waals surface area contributed by atoms with Crippen molar-refractivity contribution in [2.24, 2.45) is 0 Å². The third-order valence-corrected chi connectivity index (χ3v) is 3.82. The number of phenols is 1. The topological polar surface area (TPSA) is 72.8 Å². The number of allylic oxidation sites excluding steroid dienone is 1. The van der Waals surface area contributed by atoms with Crippen LogP contribution in [0.25, 0.3) is 0 Å². The maximum Gasteiger partial charge on any atom is 0.334 e. The average molecular weight is 316 g/mol. The summed E-state index contributed by atoms with van der Waals surface area (Å²) in [6.45, 7) is 10.4. The molecule has 2 rings (SSSR count). The van der Waals surface area contributed by atoms with Gasteiger partial charge in [-0.1, -0.05) is 12.7 Å². The maximum atomic E-state index is 12.1. The molecule has 1 aliphatic rings. The molecule has 0 saturated carbocycles. The zero-order chi connectivity index (χ0) is 17.3. The maximum absolute atomic E-state index is 12.1. The summed E-state index contributed by atoms with van der Waals surface area (Å²) in [6, 6.07) is 2.89. The summed E-state index contributed by atoms with van der Waals surface area (Å²) in [7, 11) is 0. The SMILES string of the molecule is C=C(C)[C@H]1Oc2cc(O)c(C(C)=O)cc2[C@@H]1OC(=O)/C(C)=C/C. The molecule has 122 valence electrons. The molecule has 0 saturated heterocycles. The van der Waals surface area contributed by atoms with Gasteiger partial charge in [0.25, 0.3) is 0 Å². The third-order valence-electron chi connectivity index (χ3n) is 3.82. The minimum atomic E-state index is -0.705. The van der Waals surface area contributed by atoms with Crippen LogP contribution >= 0.6 is 0 Å². The van der Waals surface area contributed by atoms with E-state index in [9.17, 15) is 14.7 Å². The summed E-state index contributed by atoms with van der Waals surface area (Å²) in [5.74, 6) is -0.513. The fourth-order valence-corrected chi connectivity index (χ4v) is 2.36. The zero-order valence-electron chi connectivity index (χ0n) is 13.7. The molecule has 1 aliphatic heterocycles. The van der Waals surface area contributed by atoms with Crippen molar-refractivity contribution >= 4 is 11.8 Å². The molecule has 0 spiro atoms. The fourth-order valence-electron chi connectivity index (χ4n) is 2.36. The largest absolute Gasteiger partial charge is 0.507 e. The van der Waals surface area contributed by atoms with Crippen LogP contribution in [0.5, 0.6) is 11.5 Å². The summed E-state index contributed by atoms with van der Waals surface area (Å²) in [6.07, 6.45) is 0.399. The number of benzene rings is 1. The van der Waals surface area contributed by atoms with Gasteiger partial charge in [-0.05, 0) is 39.3 Å². The molecule has 0 bridgehead atoms. The Morgan fingerprint density at radius 2 is 1.96 bits per heavy atom. The lowest BCUT2D eigenvalue weighted by atomic mass is 9.98. The van der Waals surface area contributed by atoms with E-state index < -0.39 is 18.2 Å². The molecule has 2 atom stereocenters. The van der Waals surface area contributed by atoms with E-state index in [1.165, 1.54) is 19.1 Å². The standard InChI is InChI=1S/C18H20O5/c1-6-10(4)18(21)23-17-13-7-12(11(5)19)14(20)8-15(13)22-16(17)9(2)3/h6-8,16-17,20H,2H2,1,3-5H3/b10-6+/t16-,17+/m1/s1. The van der Waals surface area contributed by atoms with Gasteiger partial charge in [0.1, 0.15) is 11.5 Å². The van der Waals surface area contributed by atoms with E-state index in [0.29, 0.717) is 22.5 Å². The highest BCUT2D eigenvalue weighted by molar-refractivity contribution is 5.97. The van der Waals surface area contributed by atoms with Gasteiger partial charge >= 0.3 is 5.97 Å². The lowest BCUT2D eigenvalue weighted by Gasteiger charge is -2.20. The van der Waals surface area contributed by atoms with E-state index in [4.69, 9.17) is 9.47 Å². The van der Waals surface area contributed by atoms with Crippen LogP contribution < -0.4 is 4.74 Å². The normalized spacial score (nSPS) is 19.7. The van der Waals surface area contributed by atoms with Gasteiger partial charge in [-0.25, -0.2) is 4.79 Å². The molecular weight excluding hydrogens is 296 g/mol. The molecular formula is C18H20O5. The molecule has 1 heterocycles.